The van der Waals surface area contributed by atoms with Gasteiger partial charge in [0.15, 0.2) is 11.6 Å². The van der Waals surface area contributed by atoms with Gasteiger partial charge < -0.3 is 39.0 Å². The van der Waals surface area contributed by atoms with Gasteiger partial charge in [-0.05, 0) is 31.5 Å². The zero-order valence-electron chi connectivity index (χ0n) is 27.4. The summed E-state index contributed by atoms with van der Waals surface area (Å²) in [7, 11) is -0.174. The lowest BCUT2D eigenvalue weighted by atomic mass is 9.96. The van der Waals surface area contributed by atoms with E-state index in [1.54, 1.807) is 19.2 Å². The van der Waals surface area contributed by atoms with Gasteiger partial charge in [-0.15, -0.1) is 5.73 Å². The number of H-pyrrole nitrogens is 1. The van der Waals surface area contributed by atoms with Crippen LogP contribution in [0.1, 0.15) is 33.6 Å². The number of carbonyl (C=O) groups is 2. The number of phosphoric ester groups is 1. The van der Waals surface area contributed by atoms with Gasteiger partial charge in [-0.3, -0.25) is 9.69 Å². The van der Waals surface area contributed by atoms with Crippen LogP contribution in [-0.2, 0) is 20.9 Å². The van der Waals surface area contributed by atoms with Crippen molar-refractivity contribution >= 4 is 64.9 Å². The number of halogens is 2. The van der Waals surface area contributed by atoms with Gasteiger partial charge in [-0.25, -0.2) is 32.4 Å². The van der Waals surface area contributed by atoms with Crippen LogP contribution < -0.4 is 10.3 Å². The number of pyridine rings is 2. The Morgan fingerprint density at radius 2 is 1.96 bits per heavy atom. The van der Waals surface area contributed by atoms with Gasteiger partial charge >= 0.3 is 19.9 Å². The number of amides is 1. The van der Waals surface area contributed by atoms with Crippen LogP contribution in [0.5, 0.6) is 0 Å². The van der Waals surface area contributed by atoms with Crippen molar-refractivity contribution in [3.63, 3.8) is 0 Å². The number of hydrogen-bond acceptors (Lipinski definition) is 9. The molecule has 0 unspecified atom stereocenters. The van der Waals surface area contributed by atoms with Crippen LogP contribution in [0.2, 0.25) is 0 Å². The van der Waals surface area contributed by atoms with E-state index in [0.717, 1.165) is 23.9 Å². The molecule has 4 N–H and O–H groups in total. The highest BCUT2D eigenvalue weighted by Gasteiger charge is 2.43. The first-order valence-corrected chi connectivity index (χ1v) is 17.2. The Balaban J connectivity index is 1.47. The molecule has 0 bridgehead atoms. The summed E-state index contributed by atoms with van der Waals surface area (Å²) >= 11 is 0. The van der Waals surface area contributed by atoms with Crippen LogP contribution in [0.25, 0.3) is 39.3 Å². The van der Waals surface area contributed by atoms with E-state index in [-0.39, 0.29) is 45.1 Å². The van der Waals surface area contributed by atoms with Crippen LogP contribution in [-0.4, -0.2) is 97.9 Å². The second-order valence-electron chi connectivity index (χ2n) is 12.7. The van der Waals surface area contributed by atoms with E-state index < -0.39 is 49.3 Å². The second kappa shape index (κ2) is 12.6. The summed E-state index contributed by atoms with van der Waals surface area (Å²) < 4.78 is 53.3. The van der Waals surface area contributed by atoms with Crippen molar-refractivity contribution < 1.29 is 47.1 Å². The summed E-state index contributed by atoms with van der Waals surface area (Å²) in [4.78, 5) is 68.8. The van der Waals surface area contributed by atoms with Crippen molar-refractivity contribution in [3.05, 3.63) is 80.6 Å². The molecule has 1 amide bonds. The monoisotopic (exact) mass is 724 g/mol. The van der Waals surface area contributed by atoms with E-state index in [1.807, 2.05) is 7.05 Å². The number of carboxylic acids is 1. The Hall–Kier alpha value is -5.15. The molecule has 4 aromatic rings. The topological polar surface area (TPSA) is 191 Å². The summed E-state index contributed by atoms with van der Waals surface area (Å²) in [5.74, 6) is -3.62. The lowest BCUT2D eigenvalue weighted by Gasteiger charge is -2.31. The minimum absolute atomic E-state index is 0.0157. The van der Waals surface area contributed by atoms with Crippen molar-refractivity contribution in [3.8, 4) is 0 Å². The lowest BCUT2D eigenvalue weighted by molar-refractivity contribution is 0.0439. The Bertz CT molecular complexity index is 2380. The molecule has 15 nitrogen and oxygen atoms in total. The van der Waals surface area contributed by atoms with Gasteiger partial charge in [-0.2, -0.15) is 0 Å². The number of nitrogens with zero attached hydrogens (tertiary/aromatic N) is 5. The predicted molar refractivity (Wildman–Crippen MR) is 180 cm³/mol. The normalized spacial score (nSPS) is 18.8. The van der Waals surface area contributed by atoms with Crippen molar-refractivity contribution in [2.75, 3.05) is 45.4 Å². The van der Waals surface area contributed by atoms with Gasteiger partial charge in [0.25, 0.3) is 0 Å². The van der Waals surface area contributed by atoms with Crippen LogP contribution in [0, 0.1) is 17.6 Å². The maximum Gasteiger partial charge on any atom is 0.472 e. The molecular formula is C33H31F2N6O9P. The van der Waals surface area contributed by atoms with E-state index in [0.29, 0.717) is 35.6 Å². The number of fused-ring (bicyclic) bond motifs is 5. The van der Waals surface area contributed by atoms with Crippen LogP contribution in [0.3, 0.4) is 0 Å². The smallest absolute Gasteiger partial charge is 0.472 e. The lowest BCUT2D eigenvalue weighted by Crippen LogP contribution is -2.34. The molecule has 2 atom stereocenters. The molecule has 3 aliphatic rings. The largest absolute Gasteiger partial charge is 0.477 e. The minimum Gasteiger partial charge on any atom is -0.477 e. The fourth-order valence-corrected chi connectivity index (χ4v) is 7.50. The van der Waals surface area contributed by atoms with Crippen LogP contribution in [0.4, 0.5) is 19.3 Å². The first-order chi connectivity index (χ1) is 24.1. The zero-order chi connectivity index (χ0) is 36.5. The fraction of sp³-hybridized carbons (Fsp3) is 0.303. The number of nitrogens with one attached hydrogen (secondary N) is 1. The van der Waals surface area contributed by atoms with Crippen LogP contribution in [0.15, 0.2) is 41.1 Å². The number of aromatic amines is 1. The third-order valence-electron chi connectivity index (χ3n) is 9.54. The number of allylic oxidation sites excluding steroid dienone is 2. The highest BCUT2D eigenvalue weighted by molar-refractivity contribution is 7.46. The number of anilines is 1. The van der Waals surface area contributed by atoms with E-state index in [4.69, 9.17) is 14.5 Å². The summed E-state index contributed by atoms with van der Waals surface area (Å²) in [6, 6.07) is 2.31. The predicted octanol–water partition coefficient (Wildman–Crippen LogP) is 3.72. The number of phosphoric acid groups is 1. The minimum atomic E-state index is -4.96. The molecule has 266 valence electrons. The number of hydrogen-bond donors (Lipinski definition) is 4. The number of aryl methyl sites for hydroxylation is 1. The van der Waals surface area contributed by atoms with Crippen LogP contribution >= 0.6 is 7.82 Å². The highest BCUT2D eigenvalue weighted by Crippen LogP contribution is 2.46. The molecule has 51 heavy (non-hydrogen) atoms. The maximum atomic E-state index is 16.2. The summed E-state index contributed by atoms with van der Waals surface area (Å²) in [6.45, 7) is 0.968. The number of benzene rings is 1. The maximum absolute atomic E-state index is 16.2. The molecule has 3 aromatic heterocycles. The summed E-state index contributed by atoms with van der Waals surface area (Å²) in [5, 5.41) is 9.54. The SMILES string of the molecule is CN1C[C@H]2CCN(C3=C(c4cnc5c(c4)c(=O)c(C(=O)O)cn5C)C=C=Cc4[nH]c5c(N(C)C(=O)OCOP(=O)(O)O)cc(F)c(F)c5c43)[C@H]2C1. The van der Waals surface area contributed by atoms with Crippen molar-refractivity contribution in [2.24, 2.45) is 13.0 Å². The molecule has 2 fully saturated rings. The third-order valence-corrected chi connectivity index (χ3v) is 9.98. The quantitative estimate of drug-likeness (QED) is 0.123. The molecule has 1 aliphatic carbocycles. The van der Waals surface area contributed by atoms with E-state index in [1.165, 1.54) is 30.1 Å². The molecule has 0 spiro atoms. The van der Waals surface area contributed by atoms with E-state index >= 15 is 8.78 Å². The summed E-state index contributed by atoms with van der Waals surface area (Å²) in [6.07, 6.45) is 5.55. The number of aromatic carboxylic acids is 1. The van der Waals surface area contributed by atoms with Gasteiger partial charge in [0.1, 0.15) is 11.2 Å². The van der Waals surface area contributed by atoms with E-state index in [9.17, 15) is 24.1 Å². The highest BCUT2D eigenvalue weighted by atomic mass is 31.2. The Labute approximate surface area is 287 Å². The summed E-state index contributed by atoms with van der Waals surface area (Å²) in [5.41, 5.74) is 3.98. The number of likely N-dealkylation sites (tertiary alicyclic amines) is 2. The average molecular weight is 725 g/mol. The van der Waals surface area contributed by atoms with Gasteiger partial charge in [0.2, 0.25) is 12.2 Å². The number of ether oxygens (including phenoxy) is 1. The average Bonchev–Trinajstić information content (AvgIpc) is 3.71. The first-order valence-electron chi connectivity index (χ1n) is 15.6. The third kappa shape index (κ3) is 5.93. The van der Waals surface area contributed by atoms with Crippen molar-refractivity contribution in [1.82, 2.24) is 24.3 Å². The van der Waals surface area contributed by atoms with E-state index in [2.05, 4.69) is 30.0 Å². The number of aromatic nitrogens is 3. The fourth-order valence-electron chi connectivity index (χ4n) is 7.31. The Kier molecular flexibility index (Phi) is 8.45. The molecule has 7 rings (SSSR count). The molecule has 18 heteroatoms. The Morgan fingerprint density at radius 3 is 2.69 bits per heavy atom. The molecule has 0 radical (unpaired) electrons. The molecule has 0 saturated carbocycles. The number of rotatable bonds is 7. The van der Waals surface area contributed by atoms with Crippen molar-refractivity contribution in [2.45, 2.75) is 12.5 Å². The molecule has 5 heterocycles. The number of carbonyl (C=O) groups excluding carboxylic acids is 1. The standard InChI is InChI=1S/C33H31F2N6O9P/c1-38-12-16-7-8-41(24(16)14-38)29-18(17-9-19-30(42)20(32(43)44)13-39(2)31(19)36-11-17)5-4-6-22-25(29)26-27(35)21(34)10-23(28(26)37-22)40(3)33(45)49-15-50-51(46,47)48/h5-6,9-11,13,16,24,37H,7-8,12,14-15H2,1-3H3,(H,43,44)(H2,46,47,48)/t16-,24+/m1/s1. The van der Waals surface area contributed by atoms with Crippen molar-refractivity contribution in [1.29, 1.82) is 0 Å². The van der Waals surface area contributed by atoms with Gasteiger partial charge in [-0.1, -0.05) is 0 Å². The molecule has 2 aliphatic heterocycles. The first kappa shape index (κ1) is 34.3. The second-order valence-corrected chi connectivity index (χ2v) is 13.9. The Morgan fingerprint density at radius 1 is 1.20 bits per heavy atom. The zero-order valence-corrected chi connectivity index (χ0v) is 28.3. The number of carboxylic acid groups (broad SMARTS) is 1. The molecular weight excluding hydrogens is 693 g/mol. The number of likely N-dealkylation sites (N-methyl/N-ethyl adjacent to an activating group) is 1. The molecule has 1 aromatic carbocycles. The van der Waals surface area contributed by atoms with Gasteiger partial charge in [0.05, 0.1) is 33.4 Å². The van der Waals surface area contributed by atoms with Gasteiger partial charge in [0, 0.05) is 81.0 Å². The molecule has 2 saturated heterocycles.